The van der Waals surface area contributed by atoms with Crippen molar-refractivity contribution in [2.45, 2.75) is 25.9 Å². The highest BCUT2D eigenvalue weighted by molar-refractivity contribution is 5.93. The van der Waals surface area contributed by atoms with Crippen LogP contribution in [0.1, 0.15) is 30.1 Å². The first-order valence-corrected chi connectivity index (χ1v) is 7.04. The second kappa shape index (κ2) is 5.63. The Balaban J connectivity index is 1.64. The molecule has 1 fully saturated rings. The first-order chi connectivity index (χ1) is 10.1. The molecule has 1 aromatic carbocycles. The lowest BCUT2D eigenvalue weighted by atomic mass is 10.2. The van der Waals surface area contributed by atoms with Gasteiger partial charge in [0, 0.05) is 13.1 Å². The summed E-state index contributed by atoms with van der Waals surface area (Å²) in [6.07, 6.45) is 1.24. The monoisotopic (exact) mass is 291 g/mol. The van der Waals surface area contributed by atoms with Gasteiger partial charge in [-0.2, -0.15) is 0 Å². The summed E-state index contributed by atoms with van der Waals surface area (Å²) < 4.78 is 15.6. The second-order valence-corrected chi connectivity index (χ2v) is 5.15. The average molecular weight is 291 g/mol. The van der Waals surface area contributed by atoms with Gasteiger partial charge >= 0.3 is 5.97 Å². The number of hydrogen-bond donors (Lipinski definition) is 0. The number of ether oxygens (including phenoxy) is 3. The number of hydrogen-bond acceptors (Lipinski definition) is 5. The van der Waals surface area contributed by atoms with Crippen LogP contribution in [0.2, 0.25) is 0 Å². The van der Waals surface area contributed by atoms with Crippen LogP contribution in [0.25, 0.3) is 0 Å². The number of likely N-dealkylation sites (tertiary alicyclic amines) is 1. The largest absolute Gasteiger partial charge is 0.454 e. The van der Waals surface area contributed by atoms with Crippen LogP contribution in [-0.2, 0) is 9.53 Å². The Morgan fingerprint density at radius 2 is 1.90 bits per heavy atom. The van der Waals surface area contributed by atoms with Gasteiger partial charge in [0.25, 0.3) is 5.91 Å². The SMILES string of the molecule is C[C@@H](OC(=O)c1ccc2c(c1)OCO2)C(=O)N1CCCC1. The van der Waals surface area contributed by atoms with Gasteiger partial charge in [0.05, 0.1) is 5.56 Å². The Morgan fingerprint density at radius 3 is 2.67 bits per heavy atom. The third kappa shape index (κ3) is 2.79. The van der Waals surface area contributed by atoms with Gasteiger partial charge in [-0.05, 0) is 38.0 Å². The summed E-state index contributed by atoms with van der Waals surface area (Å²) in [6.45, 7) is 3.23. The van der Waals surface area contributed by atoms with Gasteiger partial charge in [0.2, 0.25) is 6.79 Å². The summed E-state index contributed by atoms with van der Waals surface area (Å²) in [4.78, 5) is 25.9. The lowest BCUT2D eigenvalue weighted by Crippen LogP contribution is -2.38. The Morgan fingerprint density at radius 1 is 1.19 bits per heavy atom. The Bertz CT molecular complexity index is 565. The van der Waals surface area contributed by atoms with Crippen molar-refractivity contribution in [3.05, 3.63) is 23.8 Å². The molecule has 0 N–H and O–H groups in total. The van der Waals surface area contributed by atoms with Crippen molar-refractivity contribution in [1.29, 1.82) is 0 Å². The zero-order chi connectivity index (χ0) is 14.8. The van der Waals surface area contributed by atoms with E-state index in [9.17, 15) is 9.59 Å². The standard InChI is InChI=1S/C15H17NO5/c1-10(14(17)16-6-2-3-7-16)21-15(18)11-4-5-12-13(8-11)20-9-19-12/h4-5,8,10H,2-3,6-7,9H2,1H3/t10-/m1/s1. The molecule has 2 aliphatic heterocycles. The molecule has 0 radical (unpaired) electrons. The summed E-state index contributed by atoms with van der Waals surface area (Å²) in [5.41, 5.74) is 0.348. The van der Waals surface area contributed by atoms with Crippen LogP contribution in [-0.4, -0.2) is 42.8 Å². The minimum Gasteiger partial charge on any atom is -0.454 e. The van der Waals surface area contributed by atoms with Crippen LogP contribution in [0.3, 0.4) is 0 Å². The molecule has 112 valence electrons. The molecule has 0 spiro atoms. The molecule has 6 heteroatoms. The van der Waals surface area contributed by atoms with E-state index in [4.69, 9.17) is 14.2 Å². The molecule has 2 aliphatic rings. The average Bonchev–Trinajstić information content (AvgIpc) is 3.16. The molecule has 0 aromatic heterocycles. The van der Waals surface area contributed by atoms with Gasteiger partial charge in [-0.15, -0.1) is 0 Å². The molecule has 0 unspecified atom stereocenters. The smallest absolute Gasteiger partial charge is 0.339 e. The summed E-state index contributed by atoms with van der Waals surface area (Å²) >= 11 is 0. The maximum Gasteiger partial charge on any atom is 0.339 e. The number of esters is 1. The fraction of sp³-hybridized carbons (Fsp3) is 0.467. The van der Waals surface area contributed by atoms with Gasteiger partial charge in [0.15, 0.2) is 17.6 Å². The Labute approximate surface area is 122 Å². The zero-order valence-corrected chi connectivity index (χ0v) is 11.8. The molecular formula is C15H17NO5. The van der Waals surface area contributed by atoms with Crippen molar-refractivity contribution in [2.24, 2.45) is 0 Å². The van der Waals surface area contributed by atoms with E-state index < -0.39 is 12.1 Å². The summed E-state index contributed by atoms with van der Waals surface area (Å²) in [6, 6.07) is 4.83. The molecule has 0 aliphatic carbocycles. The molecule has 3 rings (SSSR count). The lowest BCUT2D eigenvalue weighted by Gasteiger charge is -2.20. The fourth-order valence-electron chi connectivity index (χ4n) is 2.50. The molecule has 1 aromatic rings. The quantitative estimate of drug-likeness (QED) is 0.791. The van der Waals surface area contributed by atoms with Crippen LogP contribution in [0.5, 0.6) is 11.5 Å². The van der Waals surface area contributed by atoms with Gasteiger partial charge in [-0.1, -0.05) is 0 Å². The molecule has 1 saturated heterocycles. The topological polar surface area (TPSA) is 65.1 Å². The molecule has 0 bridgehead atoms. The highest BCUT2D eigenvalue weighted by atomic mass is 16.7. The van der Waals surface area contributed by atoms with Crippen LogP contribution >= 0.6 is 0 Å². The molecule has 6 nitrogen and oxygen atoms in total. The maximum absolute atomic E-state index is 12.1. The van der Waals surface area contributed by atoms with E-state index >= 15 is 0 Å². The normalized spacial score (nSPS) is 17.7. The number of benzene rings is 1. The Hall–Kier alpha value is -2.24. The molecule has 0 saturated carbocycles. The van der Waals surface area contributed by atoms with Crippen LogP contribution in [0.4, 0.5) is 0 Å². The lowest BCUT2D eigenvalue weighted by molar-refractivity contribution is -0.138. The van der Waals surface area contributed by atoms with Crippen molar-refractivity contribution >= 4 is 11.9 Å². The maximum atomic E-state index is 12.1. The predicted octanol–water partition coefficient (Wildman–Crippen LogP) is 1.58. The molecule has 1 amide bonds. The molecule has 1 atom stereocenters. The van der Waals surface area contributed by atoms with Gasteiger partial charge in [0.1, 0.15) is 0 Å². The number of amides is 1. The first-order valence-electron chi connectivity index (χ1n) is 7.04. The predicted molar refractivity (Wildman–Crippen MR) is 73.3 cm³/mol. The third-order valence-corrected chi connectivity index (χ3v) is 3.66. The van der Waals surface area contributed by atoms with E-state index in [0.717, 1.165) is 25.9 Å². The highest BCUT2D eigenvalue weighted by Gasteiger charge is 2.27. The van der Waals surface area contributed by atoms with Crippen molar-refractivity contribution in [2.75, 3.05) is 19.9 Å². The van der Waals surface area contributed by atoms with Crippen molar-refractivity contribution in [3.8, 4) is 11.5 Å². The summed E-state index contributed by atoms with van der Waals surface area (Å²) in [5.74, 6) is 0.450. The minimum absolute atomic E-state index is 0.137. The summed E-state index contributed by atoms with van der Waals surface area (Å²) in [7, 11) is 0. The minimum atomic E-state index is -0.777. The first kappa shape index (κ1) is 13.7. The van der Waals surface area contributed by atoms with E-state index in [1.54, 1.807) is 30.0 Å². The van der Waals surface area contributed by atoms with Gasteiger partial charge < -0.3 is 19.1 Å². The van der Waals surface area contributed by atoms with Crippen molar-refractivity contribution in [3.63, 3.8) is 0 Å². The van der Waals surface area contributed by atoms with Gasteiger partial charge in [-0.3, -0.25) is 4.79 Å². The molecule has 2 heterocycles. The molecular weight excluding hydrogens is 274 g/mol. The zero-order valence-electron chi connectivity index (χ0n) is 11.8. The number of nitrogens with zero attached hydrogens (tertiary/aromatic N) is 1. The molecule has 21 heavy (non-hydrogen) atoms. The number of carbonyl (C=O) groups is 2. The van der Waals surface area contributed by atoms with E-state index in [-0.39, 0.29) is 12.7 Å². The van der Waals surface area contributed by atoms with E-state index in [2.05, 4.69) is 0 Å². The number of carbonyl (C=O) groups excluding carboxylic acids is 2. The number of rotatable bonds is 3. The van der Waals surface area contributed by atoms with Gasteiger partial charge in [-0.25, -0.2) is 4.79 Å². The van der Waals surface area contributed by atoms with E-state index in [1.165, 1.54) is 0 Å². The summed E-state index contributed by atoms with van der Waals surface area (Å²) in [5, 5.41) is 0. The van der Waals surface area contributed by atoms with Crippen molar-refractivity contribution < 1.29 is 23.8 Å². The number of fused-ring (bicyclic) bond motifs is 1. The van der Waals surface area contributed by atoms with E-state index in [0.29, 0.717) is 17.1 Å². The fourth-order valence-corrected chi connectivity index (χ4v) is 2.50. The van der Waals surface area contributed by atoms with Crippen LogP contribution in [0, 0.1) is 0 Å². The van der Waals surface area contributed by atoms with E-state index in [1.807, 2.05) is 0 Å². The highest BCUT2D eigenvalue weighted by Crippen LogP contribution is 2.32. The van der Waals surface area contributed by atoms with Crippen molar-refractivity contribution in [1.82, 2.24) is 4.90 Å². The van der Waals surface area contributed by atoms with Crippen LogP contribution < -0.4 is 9.47 Å². The Kier molecular flexibility index (Phi) is 3.68. The third-order valence-electron chi connectivity index (χ3n) is 3.66. The van der Waals surface area contributed by atoms with Crippen LogP contribution in [0.15, 0.2) is 18.2 Å². The second-order valence-electron chi connectivity index (χ2n) is 5.15.